The lowest BCUT2D eigenvalue weighted by Crippen LogP contribution is -2.14. The summed E-state index contributed by atoms with van der Waals surface area (Å²) in [6.07, 6.45) is 0.274. The van der Waals surface area contributed by atoms with Gasteiger partial charge in [0.15, 0.2) is 5.78 Å². The van der Waals surface area contributed by atoms with Crippen LogP contribution in [-0.2, 0) is 4.79 Å². The second-order valence-corrected chi connectivity index (χ2v) is 4.41. The van der Waals surface area contributed by atoms with Crippen molar-refractivity contribution in [2.24, 2.45) is 0 Å². The second kappa shape index (κ2) is 5.66. The van der Waals surface area contributed by atoms with Crippen molar-refractivity contribution in [2.45, 2.75) is 25.6 Å². The summed E-state index contributed by atoms with van der Waals surface area (Å²) in [5.74, 6) is -0.120. The number of Topliss-reactive ketones (excluding diaryl/α,β-unsaturated/α-hetero) is 1. The molecule has 1 aromatic rings. The molecule has 1 atom stereocenters. The van der Waals surface area contributed by atoms with Crippen LogP contribution in [0.25, 0.3) is 0 Å². The lowest BCUT2D eigenvalue weighted by atomic mass is 10.1. The summed E-state index contributed by atoms with van der Waals surface area (Å²) in [5.41, 5.74) is 1.30. The molecule has 0 heterocycles. The van der Waals surface area contributed by atoms with Gasteiger partial charge in [0.2, 0.25) is 5.91 Å². The van der Waals surface area contributed by atoms with Gasteiger partial charge in [-0.05, 0) is 38.1 Å². The minimum atomic E-state index is -0.184. The van der Waals surface area contributed by atoms with Crippen molar-refractivity contribution in [3.8, 4) is 0 Å². The van der Waals surface area contributed by atoms with Crippen molar-refractivity contribution < 1.29 is 9.59 Å². The third-order valence-corrected chi connectivity index (χ3v) is 2.20. The van der Waals surface area contributed by atoms with Crippen LogP contribution in [0.4, 0.5) is 5.69 Å². The maximum atomic E-state index is 11.4. The first kappa shape index (κ1) is 12.7. The monoisotopic (exact) mass is 239 g/mol. The number of rotatable bonds is 4. The number of anilines is 1. The van der Waals surface area contributed by atoms with Crippen LogP contribution >= 0.6 is 11.6 Å². The van der Waals surface area contributed by atoms with Gasteiger partial charge in [-0.2, -0.15) is 0 Å². The van der Waals surface area contributed by atoms with Crippen molar-refractivity contribution in [1.82, 2.24) is 0 Å². The fourth-order valence-electron chi connectivity index (χ4n) is 1.26. The van der Waals surface area contributed by atoms with Crippen molar-refractivity contribution in [3.05, 3.63) is 29.8 Å². The summed E-state index contributed by atoms with van der Waals surface area (Å²) in [4.78, 5) is 22.4. The normalized spacial score (nSPS) is 11.9. The Morgan fingerprint density at radius 2 is 1.88 bits per heavy atom. The van der Waals surface area contributed by atoms with Crippen molar-refractivity contribution >= 4 is 29.0 Å². The molecule has 0 saturated heterocycles. The summed E-state index contributed by atoms with van der Waals surface area (Å²) in [5, 5.41) is 2.52. The van der Waals surface area contributed by atoms with Crippen molar-refractivity contribution in [2.75, 3.05) is 5.32 Å². The highest BCUT2D eigenvalue weighted by molar-refractivity contribution is 6.21. The van der Waals surface area contributed by atoms with Crippen LogP contribution in [0.3, 0.4) is 0 Å². The molecule has 0 fully saturated rings. The minimum absolute atomic E-state index is 0.00672. The number of alkyl halides is 1. The predicted molar refractivity (Wildman–Crippen MR) is 65.0 cm³/mol. The van der Waals surface area contributed by atoms with E-state index in [1.165, 1.54) is 6.92 Å². The zero-order valence-corrected chi connectivity index (χ0v) is 10.0. The molecular weight excluding hydrogens is 226 g/mol. The smallest absolute Gasteiger partial charge is 0.225 e. The number of carbonyl (C=O) groups is 2. The van der Waals surface area contributed by atoms with E-state index in [-0.39, 0.29) is 23.5 Å². The van der Waals surface area contributed by atoms with Gasteiger partial charge in [-0.25, -0.2) is 0 Å². The number of amides is 1. The number of hydrogen-bond donors (Lipinski definition) is 1. The van der Waals surface area contributed by atoms with Crippen LogP contribution in [0.2, 0.25) is 0 Å². The summed E-state index contributed by atoms with van der Waals surface area (Å²) in [7, 11) is 0. The summed E-state index contributed by atoms with van der Waals surface area (Å²) >= 11 is 5.70. The highest BCUT2D eigenvalue weighted by atomic mass is 35.5. The van der Waals surface area contributed by atoms with Crippen LogP contribution in [0.5, 0.6) is 0 Å². The van der Waals surface area contributed by atoms with Crippen LogP contribution in [0, 0.1) is 0 Å². The number of carbonyl (C=O) groups excluding carboxylic acids is 2. The summed E-state index contributed by atoms with van der Waals surface area (Å²) in [6.45, 7) is 3.27. The molecule has 0 aromatic heterocycles. The molecular formula is C12H14ClNO2. The molecule has 0 aliphatic heterocycles. The molecule has 3 nitrogen and oxygen atoms in total. The Kier molecular flexibility index (Phi) is 4.50. The molecule has 1 N–H and O–H groups in total. The van der Waals surface area contributed by atoms with Gasteiger partial charge in [0, 0.05) is 23.0 Å². The van der Waals surface area contributed by atoms with Crippen molar-refractivity contribution in [3.63, 3.8) is 0 Å². The van der Waals surface area contributed by atoms with Crippen LogP contribution < -0.4 is 5.32 Å². The van der Waals surface area contributed by atoms with E-state index in [0.717, 1.165) is 0 Å². The number of nitrogens with one attached hydrogen (secondary N) is 1. The lowest BCUT2D eigenvalue weighted by molar-refractivity contribution is -0.116. The summed E-state index contributed by atoms with van der Waals surface area (Å²) in [6, 6.07) is 6.77. The van der Waals surface area contributed by atoms with E-state index in [4.69, 9.17) is 11.6 Å². The second-order valence-electron chi connectivity index (χ2n) is 3.67. The van der Waals surface area contributed by atoms with E-state index >= 15 is 0 Å². The quantitative estimate of drug-likeness (QED) is 0.649. The number of ketones is 1. The molecule has 0 saturated carbocycles. The maximum Gasteiger partial charge on any atom is 0.225 e. The van der Waals surface area contributed by atoms with E-state index in [2.05, 4.69) is 5.32 Å². The molecule has 1 aromatic carbocycles. The Morgan fingerprint density at radius 3 is 2.31 bits per heavy atom. The van der Waals surface area contributed by atoms with Gasteiger partial charge in [0.25, 0.3) is 0 Å². The van der Waals surface area contributed by atoms with Gasteiger partial charge in [0.05, 0.1) is 0 Å². The van der Waals surface area contributed by atoms with Crippen LogP contribution in [0.1, 0.15) is 30.6 Å². The van der Waals surface area contributed by atoms with Gasteiger partial charge in [0.1, 0.15) is 0 Å². The SMILES string of the molecule is CC(=O)c1ccc(NC(=O)CC(C)Cl)cc1. The largest absolute Gasteiger partial charge is 0.326 e. The van der Waals surface area contributed by atoms with E-state index < -0.39 is 0 Å². The van der Waals surface area contributed by atoms with Gasteiger partial charge in [-0.1, -0.05) is 0 Å². The van der Waals surface area contributed by atoms with E-state index in [9.17, 15) is 9.59 Å². The molecule has 0 aliphatic rings. The Bertz CT molecular complexity index is 385. The van der Waals surface area contributed by atoms with Gasteiger partial charge >= 0.3 is 0 Å². The molecule has 1 rings (SSSR count). The van der Waals surface area contributed by atoms with Gasteiger partial charge in [-0.15, -0.1) is 11.6 Å². The fraction of sp³-hybridized carbons (Fsp3) is 0.333. The maximum absolute atomic E-state index is 11.4. The molecule has 1 unspecified atom stereocenters. The fourth-order valence-corrected chi connectivity index (χ4v) is 1.40. The van der Waals surface area contributed by atoms with E-state index in [0.29, 0.717) is 11.3 Å². The Hall–Kier alpha value is -1.35. The van der Waals surface area contributed by atoms with Gasteiger partial charge in [-0.3, -0.25) is 9.59 Å². The number of hydrogen-bond acceptors (Lipinski definition) is 2. The molecule has 0 bridgehead atoms. The Balaban J connectivity index is 2.62. The number of halogens is 1. The minimum Gasteiger partial charge on any atom is -0.326 e. The van der Waals surface area contributed by atoms with Crippen molar-refractivity contribution in [1.29, 1.82) is 0 Å². The Labute approximate surface area is 99.8 Å². The predicted octanol–water partition coefficient (Wildman–Crippen LogP) is 2.85. The molecule has 1 amide bonds. The molecule has 0 radical (unpaired) electrons. The van der Waals surface area contributed by atoms with Gasteiger partial charge < -0.3 is 5.32 Å². The lowest BCUT2D eigenvalue weighted by Gasteiger charge is -2.06. The highest BCUT2D eigenvalue weighted by Gasteiger charge is 2.06. The molecule has 86 valence electrons. The highest BCUT2D eigenvalue weighted by Crippen LogP contribution is 2.11. The molecule has 4 heteroatoms. The third kappa shape index (κ3) is 4.03. The first-order valence-electron chi connectivity index (χ1n) is 5.04. The Morgan fingerprint density at radius 1 is 1.31 bits per heavy atom. The standard InChI is InChI=1S/C12H14ClNO2/c1-8(13)7-12(16)14-11-5-3-10(4-6-11)9(2)15/h3-6,8H,7H2,1-2H3,(H,14,16). The average molecular weight is 240 g/mol. The first-order valence-corrected chi connectivity index (χ1v) is 5.47. The first-order chi connectivity index (χ1) is 7.49. The van der Waals surface area contributed by atoms with Crippen LogP contribution in [0.15, 0.2) is 24.3 Å². The molecule has 16 heavy (non-hydrogen) atoms. The topological polar surface area (TPSA) is 46.2 Å². The summed E-state index contributed by atoms with van der Waals surface area (Å²) < 4.78 is 0. The average Bonchev–Trinajstić information content (AvgIpc) is 2.16. The molecule has 0 spiro atoms. The third-order valence-electron chi connectivity index (χ3n) is 2.04. The zero-order valence-electron chi connectivity index (χ0n) is 9.29. The van der Waals surface area contributed by atoms with E-state index in [1.54, 1.807) is 31.2 Å². The van der Waals surface area contributed by atoms with E-state index in [1.807, 2.05) is 0 Å². The molecule has 0 aliphatic carbocycles. The van der Waals surface area contributed by atoms with Crippen LogP contribution in [-0.4, -0.2) is 17.1 Å². The zero-order chi connectivity index (χ0) is 12.1. The number of benzene rings is 1.